The van der Waals surface area contributed by atoms with Crippen LogP contribution in [0.25, 0.3) is 11.3 Å². The third kappa shape index (κ3) is 2.99. The first-order valence-corrected chi connectivity index (χ1v) is 6.76. The third-order valence-electron chi connectivity index (χ3n) is 3.47. The van der Waals surface area contributed by atoms with Crippen LogP contribution < -0.4 is 5.73 Å². The van der Waals surface area contributed by atoms with E-state index in [-0.39, 0.29) is 5.92 Å². The minimum absolute atomic E-state index is 0.241. The number of rotatable bonds is 4. The van der Waals surface area contributed by atoms with E-state index in [0.717, 1.165) is 17.9 Å². The van der Waals surface area contributed by atoms with Gasteiger partial charge in [0.2, 0.25) is 0 Å². The molecule has 1 unspecified atom stereocenters. The summed E-state index contributed by atoms with van der Waals surface area (Å²) in [7, 11) is 0. The van der Waals surface area contributed by atoms with E-state index in [1.54, 1.807) is 0 Å². The summed E-state index contributed by atoms with van der Waals surface area (Å²) in [4.78, 5) is 9.05. The maximum Gasteiger partial charge on any atom is 0.133 e. The van der Waals surface area contributed by atoms with E-state index >= 15 is 0 Å². The Kier molecular flexibility index (Phi) is 4.27. The highest BCUT2D eigenvalue weighted by Crippen LogP contribution is 2.24. The van der Waals surface area contributed by atoms with Gasteiger partial charge in [-0.15, -0.1) is 0 Å². The minimum atomic E-state index is 0.241. The van der Waals surface area contributed by atoms with Crippen LogP contribution in [0.5, 0.6) is 0 Å². The van der Waals surface area contributed by atoms with Gasteiger partial charge in [-0.05, 0) is 31.9 Å². The van der Waals surface area contributed by atoms with Gasteiger partial charge in [-0.3, -0.25) is 0 Å². The van der Waals surface area contributed by atoms with Crippen molar-refractivity contribution in [2.75, 3.05) is 6.54 Å². The van der Waals surface area contributed by atoms with E-state index in [9.17, 15) is 0 Å². The van der Waals surface area contributed by atoms with Gasteiger partial charge in [0.05, 0.1) is 5.69 Å². The Bertz CT molecular complexity index is 560. The molecule has 0 amide bonds. The molecule has 0 saturated carbocycles. The lowest BCUT2D eigenvalue weighted by Gasteiger charge is -2.12. The van der Waals surface area contributed by atoms with Crippen LogP contribution in [0.1, 0.15) is 36.2 Å². The Morgan fingerprint density at radius 2 is 2.00 bits per heavy atom. The maximum absolute atomic E-state index is 5.77. The molecule has 0 radical (unpaired) electrons. The molecule has 1 heterocycles. The van der Waals surface area contributed by atoms with Gasteiger partial charge in [0.15, 0.2) is 0 Å². The second kappa shape index (κ2) is 5.93. The van der Waals surface area contributed by atoms with Crippen LogP contribution in [0.3, 0.4) is 0 Å². The Balaban J connectivity index is 2.43. The normalized spacial score (nSPS) is 12.4. The summed E-state index contributed by atoms with van der Waals surface area (Å²) >= 11 is 0. The van der Waals surface area contributed by atoms with Gasteiger partial charge in [-0.1, -0.05) is 30.7 Å². The van der Waals surface area contributed by atoms with Crippen molar-refractivity contribution in [3.63, 3.8) is 0 Å². The summed E-state index contributed by atoms with van der Waals surface area (Å²) in [5.41, 5.74) is 10.4. The van der Waals surface area contributed by atoms with Crippen molar-refractivity contribution in [2.24, 2.45) is 5.73 Å². The van der Waals surface area contributed by atoms with E-state index in [1.165, 1.54) is 16.7 Å². The van der Waals surface area contributed by atoms with Gasteiger partial charge in [0.25, 0.3) is 0 Å². The molecule has 100 valence electrons. The lowest BCUT2D eigenvalue weighted by Crippen LogP contribution is -2.14. The average Bonchev–Trinajstić information content (AvgIpc) is 2.40. The highest BCUT2D eigenvalue weighted by atomic mass is 14.9. The fourth-order valence-electron chi connectivity index (χ4n) is 2.28. The predicted octanol–water partition coefficient (Wildman–Crippen LogP) is 3.21. The topological polar surface area (TPSA) is 51.8 Å². The van der Waals surface area contributed by atoms with E-state index in [2.05, 4.69) is 48.9 Å². The molecule has 2 rings (SSSR count). The highest BCUT2D eigenvalue weighted by Gasteiger charge is 2.12. The van der Waals surface area contributed by atoms with E-state index in [1.807, 2.05) is 12.3 Å². The Morgan fingerprint density at radius 1 is 1.21 bits per heavy atom. The number of aromatic nitrogens is 2. The van der Waals surface area contributed by atoms with E-state index in [4.69, 9.17) is 5.73 Å². The zero-order chi connectivity index (χ0) is 13.8. The number of benzene rings is 1. The monoisotopic (exact) mass is 255 g/mol. The van der Waals surface area contributed by atoms with Crippen LogP contribution in [0.4, 0.5) is 0 Å². The quantitative estimate of drug-likeness (QED) is 0.912. The van der Waals surface area contributed by atoms with Crippen LogP contribution in [0.2, 0.25) is 0 Å². The number of nitrogens with two attached hydrogens (primary N) is 1. The van der Waals surface area contributed by atoms with Crippen LogP contribution in [-0.4, -0.2) is 16.5 Å². The first-order valence-electron chi connectivity index (χ1n) is 6.76. The van der Waals surface area contributed by atoms with Gasteiger partial charge >= 0.3 is 0 Å². The van der Waals surface area contributed by atoms with Gasteiger partial charge < -0.3 is 5.73 Å². The van der Waals surface area contributed by atoms with Crippen LogP contribution in [0.15, 0.2) is 30.5 Å². The van der Waals surface area contributed by atoms with Crippen molar-refractivity contribution < 1.29 is 0 Å². The fourth-order valence-corrected chi connectivity index (χ4v) is 2.28. The molecule has 0 fully saturated rings. The second-order valence-corrected chi connectivity index (χ2v) is 4.96. The maximum atomic E-state index is 5.77. The molecule has 0 bridgehead atoms. The minimum Gasteiger partial charge on any atom is -0.330 e. The standard InChI is InChI=1S/C16H21N3/c1-4-13(10-17)16-18-8-7-15(19-16)14-6-5-11(2)9-12(14)3/h5-9,13H,4,10,17H2,1-3H3. The van der Waals surface area contributed by atoms with Crippen LogP contribution >= 0.6 is 0 Å². The van der Waals surface area contributed by atoms with Gasteiger partial charge in [-0.2, -0.15) is 0 Å². The number of nitrogens with zero attached hydrogens (tertiary/aromatic N) is 2. The number of hydrogen-bond acceptors (Lipinski definition) is 3. The third-order valence-corrected chi connectivity index (χ3v) is 3.47. The van der Waals surface area contributed by atoms with Gasteiger partial charge in [-0.25, -0.2) is 9.97 Å². The van der Waals surface area contributed by atoms with Gasteiger partial charge in [0, 0.05) is 24.2 Å². The van der Waals surface area contributed by atoms with Crippen molar-refractivity contribution >= 4 is 0 Å². The van der Waals surface area contributed by atoms with Crippen molar-refractivity contribution in [1.29, 1.82) is 0 Å². The molecule has 19 heavy (non-hydrogen) atoms. The average molecular weight is 255 g/mol. The van der Waals surface area contributed by atoms with Crippen molar-refractivity contribution in [3.8, 4) is 11.3 Å². The molecule has 0 aliphatic rings. The fraction of sp³-hybridized carbons (Fsp3) is 0.375. The largest absolute Gasteiger partial charge is 0.330 e. The number of aryl methyl sites for hydroxylation is 2. The Labute approximate surface area is 114 Å². The van der Waals surface area contributed by atoms with E-state index in [0.29, 0.717) is 6.54 Å². The van der Waals surface area contributed by atoms with E-state index < -0.39 is 0 Å². The lowest BCUT2D eigenvalue weighted by molar-refractivity contribution is 0.631. The van der Waals surface area contributed by atoms with Crippen molar-refractivity contribution in [1.82, 2.24) is 9.97 Å². The molecule has 3 nitrogen and oxygen atoms in total. The molecule has 0 saturated heterocycles. The second-order valence-electron chi connectivity index (χ2n) is 4.96. The zero-order valence-electron chi connectivity index (χ0n) is 11.9. The molecule has 1 aromatic carbocycles. The number of hydrogen-bond donors (Lipinski definition) is 1. The molecular formula is C16H21N3. The molecular weight excluding hydrogens is 234 g/mol. The van der Waals surface area contributed by atoms with Crippen molar-refractivity contribution in [2.45, 2.75) is 33.1 Å². The predicted molar refractivity (Wildman–Crippen MR) is 79.0 cm³/mol. The van der Waals surface area contributed by atoms with Crippen molar-refractivity contribution in [3.05, 3.63) is 47.4 Å². The molecule has 0 aliphatic heterocycles. The summed E-state index contributed by atoms with van der Waals surface area (Å²) in [6.45, 7) is 6.92. The molecule has 0 spiro atoms. The summed E-state index contributed by atoms with van der Waals surface area (Å²) < 4.78 is 0. The molecule has 0 aliphatic carbocycles. The van der Waals surface area contributed by atoms with Gasteiger partial charge in [0.1, 0.15) is 5.82 Å². The Hall–Kier alpha value is -1.74. The first kappa shape index (κ1) is 13.7. The summed E-state index contributed by atoms with van der Waals surface area (Å²) in [6.07, 6.45) is 2.79. The van der Waals surface area contributed by atoms with Crippen LogP contribution in [0, 0.1) is 13.8 Å². The molecule has 3 heteroatoms. The molecule has 1 aromatic heterocycles. The zero-order valence-corrected chi connectivity index (χ0v) is 11.9. The summed E-state index contributed by atoms with van der Waals surface area (Å²) in [5.74, 6) is 1.09. The molecule has 2 aromatic rings. The lowest BCUT2D eigenvalue weighted by atomic mass is 10.0. The SMILES string of the molecule is CCC(CN)c1nccc(-c2ccc(C)cc2C)n1. The van der Waals surface area contributed by atoms with Crippen LogP contribution in [-0.2, 0) is 0 Å². The summed E-state index contributed by atoms with van der Waals surface area (Å²) in [6, 6.07) is 8.38. The summed E-state index contributed by atoms with van der Waals surface area (Å²) in [5, 5.41) is 0. The Morgan fingerprint density at radius 3 is 2.63 bits per heavy atom. The molecule has 2 N–H and O–H groups in total. The highest BCUT2D eigenvalue weighted by molar-refractivity contribution is 5.63. The first-order chi connectivity index (χ1) is 9.15. The smallest absolute Gasteiger partial charge is 0.133 e. The molecule has 1 atom stereocenters.